The lowest BCUT2D eigenvalue weighted by Crippen LogP contribution is -2.23. The molecule has 0 bridgehead atoms. The van der Waals surface area contributed by atoms with Crippen LogP contribution in [-0.4, -0.2) is 0 Å². The average Bonchev–Trinajstić information content (AvgIpc) is 2.93. The highest BCUT2D eigenvalue weighted by Crippen LogP contribution is 2.38. The smallest absolute Gasteiger partial charge is 0.126 e. The second kappa shape index (κ2) is 3.53. The van der Waals surface area contributed by atoms with Crippen LogP contribution in [0.2, 0.25) is 0 Å². The third-order valence-corrected chi connectivity index (χ3v) is 3.38. The molecule has 0 radical (unpaired) electrons. The maximum Gasteiger partial charge on any atom is 0.126 e. The molecule has 2 aromatic carbocycles. The Kier molecular flexibility index (Phi) is 1.88. The molecule has 18 heavy (non-hydrogen) atoms. The van der Waals surface area contributed by atoms with Gasteiger partial charge < -0.3 is 15.1 Å². The normalized spacial score (nSPS) is 14.2. The van der Waals surface area contributed by atoms with Crippen molar-refractivity contribution in [3.05, 3.63) is 60.6 Å². The Labute approximate surface area is 104 Å². The molecule has 3 aromatic rings. The number of benzene rings is 2. The van der Waals surface area contributed by atoms with Crippen LogP contribution < -0.4 is 10.6 Å². The van der Waals surface area contributed by atoms with E-state index >= 15 is 0 Å². The number of nitrogens with one attached hydrogen (secondary N) is 2. The summed E-state index contributed by atoms with van der Waals surface area (Å²) in [5, 5.41) is 9.48. The van der Waals surface area contributed by atoms with E-state index in [0.717, 1.165) is 16.9 Å². The first-order chi connectivity index (χ1) is 8.92. The molecule has 0 fully saturated rings. The summed E-state index contributed by atoms with van der Waals surface area (Å²) in [6, 6.07) is 14.6. The van der Waals surface area contributed by atoms with Crippen molar-refractivity contribution in [1.29, 1.82) is 0 Å². The topological polar surface area (TPSA) is 37.2 Å². The molecule has 3 nitrogen and oxygen atoms in total. The number of furan rings is 1. The van der Waals surface area contributed by atoms with E-state index in [1.165, 1.54) is 10.8 Å². The molecule has 1 aromatic heterocycles. The van der Waals surface area contributed by atoms with Crippen molar-refractivity contribution < 1.29 is 4.42 Å². The fraction of sp³-hybridized carbons (Fsp3) is 0.0667. The summed E-state index contributed by atoms with van der Waals surface area (Å²) < 4.78 is 5.15. The quantitative estimate of drug-likeness (QED) is 0.671. The number of hydrogen-bond donors (Lipinski definition) is 2. The fourth-order valence-electron chi connectivity index (χ4n) is 2.53. The largest absolute Gasteiger partial charge is 0.472 e. The maximum absolute atomic E-state index is 5.15. The molecule has 2 N–H and O–H groups in total. The van der Waals surface area contributed by atoms with Crippen molar-refractivity contribution in [3.8, 4) is 0 Å². The second-order valence-corrected chi connectivity index (χ2v) is 4.49. The number of rotatable bonds is 1. The van der Waals surface area contributed by atoms with E-state index in [4.69, 9.17) is 4.42 Å². The molecular formula is C15H12N2O. The molecule has 0 saturated heterocycles. The van der Waals surface area contributed by atoms with Crippen LogP contribution in [0.25, 0.3) is 10.8 Å². The zero-order valence-electron chi connectivity index (χ0n) is 9.68. The summed E-state index contributed by atoms with van der Waals surface area (Å²) in [5.74, 6) is 0. The standard InChI is InChI=1S/C15H12N2O/c1-3-10-4-2-6-13-14(10)12(5-1)16-15(17-13)11-7-8-18-9-11/h1-9,15-17H. The van der Waals surface area contributed by atoms with Crippen molar-refractivity contribution in [1.82, 2.24) is 0 Å². The summed E-state index contributed by atoms with van der Waals surface area (Å²) in [6.07, 6.45) is 3.52. The summed E-state index contributed by atoms with van der Waals surface area (Å²) in [7, 11) is 0. The number of hydrogen-bond acceptors (Lipinski definition) is 3. The van der Waals surface area contributed by atoms with E-state index in [0.29, 0.717) is 0 Å². The van der Waals surface area contributed by atoms with Gasteiger partial charge in [-0.3, -0.25) is 0 Å². The van der Waals surface area contributed by atoms with E-state index < -0.39 is 0 Å². The Morgan fingerprint density at radius 2 is 1.61 bits per heavy atom. The van der Waals surface area contributed by atoms with Gasteiger partial charge in [-0.2, -0.15) is 0 Å². The molecule has 0 atom stereocenters. The minimum absolute atomic E-state index is 0.0595. The van der Waals surface area contributed by atoms with Crippen LogP contribution in [-0.2, 0) is 0 Å². The SMILES string of the molecule is c1cc2c3c(cccc3c1)NC(c1ccoc1)N2. The molecule has 2 heterocycles. The van der Waals surface area contributed by atoms with Gasteiger partial charge in [-0.1, -0.05) is 24.3 Å². The molecule has 0 aliphatic carbocycles. The summed E-state index contributed by atoms with van der Waals surface area (Å²) in [5.41, 5.74) is 3.42. The van der Waals surface area contributed by atoms with E-state index in [-0.39, 0.29) is 6.17 Å². The minimum Gasteiger partial charge on any atom is -0.472 e. The van der Waals surface area contributed by atoms with Gasteiger partial charge in [0.05, 0.1) is 12.5 Å². The first-order valence-electron chi connectivity index (χ1n) is 5.99. The average molecular weight is 236 g/mol. The molecule has 0 amide bonds. The van der Waals surface area contributed by atoms with Crippen LogP contribution in [0.15, 0.2) is 59.4 Å². The summed E-state index contributed by atoms with van der Waals surface area (Å²) in [6.45, 7) is 0. The van der Waals surface area contributed by atoms with Gasteiger partial charge in [0.25, 0.3) is 0 Å². The van der Waals surface area contributed by atoms with Crippen LogP contribution in [0.3, 0.4) is 0 Å². The van der Waals surface area contributed by atoms with Gasteiger partial charge in [-0.05, 0) is 23.6 Å². The van der Waals surface area contributed by atoms with Gasteiger partial charge in [0.15, 0.2) is 0 Å². The van der Waals surface area contributed by atoms with E-state index in [2.05, 4.69) is 47.0 Å². The lowest BCUT2D eigenvalue weighted by molar-refractivity contribution is 0.562. The number of anilines is 2. The molecule has 1 aliphatic rings. The summed E-state index contributed by atoms with van der Waals surface area (Å²) >= 11 is 0. The van der Waals surface area contributed by atoms with Crippen LogP contribution >= 0.6 is 0 Å². The van der Waals surface area contributed by atoms with Crippen molar-refractivity contribution in [3.63, 3.8) is 0 Å². The van der Waals surface area contributed by atoms with Crippen molar-refractivity contribution >= 4 is 22.1 Å². The van der Waals surface area contributed by atoms with Crippen LogP contribution in [0, 0.1) is 0 Å². The van der Waals surface area contributed by atoms with Crippen molar-refractivity contribution in [2.45, 2.75) is 6.17 Å². The molecule has 0 unspecified atom stereocenters. The second-order valence-electron chi connectivity index (χ2n) is 4.49. The molecule has 4 rings (SSSR count). The fourth-order valence-corrected chi connectivity index (χ4v) is 2.53. The molecule has 0 saturated carbocycles. The predicted molar refractivity (Wildman–Crippen MR) is 72.6 cm³/mol. The Morgan fingerprint density at radius 3 is 2.22 bits per heavy atom. The van der Waals surface area contributed by atoms with Gasteiger partial charge in [-0.25, -0.2) is 0 Å². The lowest BCUT2D eigenvalue weighted by atomic mass is 10.0. The van der Waals surface area contributed by atoms with Gasteiger partial charge >= 0.3 is 0 Å². The Bertz CT molecular complexity index is 663. The van der Waals surface area contributed by atoms with Crippen LogP contribution in [0.5, 0.6) is 0 Å². The zero-order valence-corrected chi connectivity index (χ0v) is 9.68. The Morgan fingerprint density at radius 1 is 0.889 bits per heavy atom. The Balaban J connectivity index is 1.89. The minimum atomic E-state index is 0.0595. The van der Waals surface area contributed by atoms with Gasteiger partial charge in [0, 0.05) is 22.3 Å². The molecule has 1 aliphatic heterocycles. The lowest BCUT2D eigenvalue weighted by Gasteiger charge is -2.28. The predicted octanol–water partition coefficient (Wildman–Crippen LogP) is 3.97. The highest BCUT2D eigenvalue weighted by molar-refractivity contribution is 6.04. The molecule has 88 valence electrons. The summed E-state index contributed by atoms with van der Waals surface area (Å²) in [4.78, 5) is 0. The van der Waals surface area contributed by atoms with E-state index in [1.807, 2.05) is 6.07 Å². The van der Waals surface area contributed by atoms with Gasteiger partial charge in [0.1, 0.15) is 6.17 Å². The van der Waals surface area contributed by atoms with Crippen molar-refractivity contribution in [2.75, 3.05) is 10.6 Å². The molecule has 3 heteroatoms. The zero-order chi connectivity index (χ0) is 11.9. The maximum atomic E-state index is 5.15. The van der Waals surface area contributed by atoms with E-state index in [9.17, 15) is 0 Å². The first-order valence-corrected chi connectivity index (χ1v) is 5.99. The third-order valence-electron chi connectivity index (χ3n) is 3.38. The molecular weight excluding hydrogens is 224 g/mol. The van der Waals surface area contributed by atoms with Gasteiger partial charge in [0.2, 0.25) is 0 Å². The highest BCUT2D eigenvalue weighted by atomic mass is 16.3. The van der Waals surface area contributed by atoms with Crippen LogP contribution in [0.4, 0.5) is 11.4 Å². The van der Waals surface area contributed by atoms with Crippen LogP contribution in [0.1, 0.15) is 11.7 Å². The third kappa shape index (κ3) is 1.31. The first kappa shape index (κ1) is 9.59. The Hall–Kier alpha value is -2.42. The van der Waals surface area contributed by atoms with Crippen molar-refractivity contribution in [2.24, 2.45) is 0 Å². The van der Waals surface area contributed by atoms with E-state index in [1.54, 1.807) is 12.5 Å². The van der Waals surface area contributed by atoms with Gasteiger partial charge in [-0.15, -0.1) is 0 Å². The highest BCUT2D eigenvalue weighted by Gasteiger charge is 2.20. The monoisotopic (exact) mass is 236 g/mol. The molecule has 0 spiro atoms.